The highest BCUT2D eigenvalue weighted by Crippen LogP contribution is 2.21. The van der Waals surface area contributed by atoms with Crippen molar-refractivity contribution in [1.29, 1.82) is 0 Å². The molecule has 1 atom stereocenters. The average Bonchev–Trinajstić information content (AvgIpc) is 2.59. The summed E-state index contributed by atoms with van der Waals surface area (Å²) in [6.45, 7) is 4.93. The molecule has 1 aromatic heterocycles. The number of ketones is 1. The van der Waals surface area contributed by atoms with E-state index in [0.717, 1.165) is 28.5 Å². The number of thiazole rings is 1. The van der Waals surface area contributed by atoms with Gasteiger partial charge < -0.3 is 5.32 Å². The molecule has 1 aliphatic heterocycles. The molecule has 0 aromatic carbocycles. The van der Waals surface area contributed by atoms with E-state index in [1.54, 1.807) is 0 Å². The second-order valence-electron chi connectivity index (χ2n) is 4.42. The van der Waals surface area contributed by atoms with E-state index in [1.807, 2.05) is 13.8 Å². The number of hydrogen-bond donors (Lipinski definition) is 1. The van der Waals surface area contributed by atoms with Gasteiger partial charge in [-0.15, -0.1) is 11.3 Å². The van der Waals surface area contributed by atoms with Gasteiger partial charge in [0.05, 0.1) is 15.6 Å². The molecule has 0 bridgehead atoms. The lowest BCUT2D eigenvalue weighted by Gasteiger charge is -2.22. The van der Waals surface area contributed by atoms with E-state index in [0.29, 0.717) is 12.5 Å². The number of aryl methyl sites for hydroxylation is 2. The van der Waals surface area contributed by atoms with Crippen molar-refractivity contribution in [3.05, 3.63) is 15.6 Å². The summed E-state index contributed by atoms with van der Waals surface area (Å²) in [5.74, 6) is 0.252. The zero-order valence-corrected chi connectivity index (χ0v) is 10.7. The third kappa shape index (κ3) is 2.68. The number of aromatic nitrogens is 1. The maximum absolute atomic E-state index is 12.1. The van der Waals surface area contributed by atoms with E-state index in [1.165, 1.54) is 24.2 Å². The Bertz CT molecular complexity index is 380. The maximum atomic E-state index is 12.1. The number of nitrogens with one attached hydrogen (secondary N) is 1. The summed E-state index contributed by atoms with van der Waals surface area (Å²) in [5, 5.41) is 4.39. The molecular weight excluding hydrogens is 220 g/mol. The Morgan fingerprint density at radius 2 is 2.31 bits per heavy atom. The monoisotopic (exact) mass is 238 g/mol. The molecule has 3 nitrogen and oxygen atoms in total. The molecule has 88 valence electrons. The maximum Gasteiger partial charge on any atom is 0.176 e. The van der Waals surface area contributed by atoms with Gasteiger partial charge in [-0.1, -0.05) is 6.42 Å². The van der Waals surface area contributed by atoms with Gasteiger partial charge in [0.25, 0.3) is 0 Å². The van der Waals surface area contributed by atoms with Gasteiger partial charge in [-0.3, -0.25) is 4.79 Å². The number of carbonyl (C=O) groups excluding carboxylic acids is 1. The lowest BCUT2D eigenvalue weighted by atomic mass is 9.99. The fraction of sp³-hybridized carbons (Fsp3) is 0.667. The molecule has 1 unspecified atom stereocenters. The van der Waals surface area contributed by atoms with E-state index < -0.39 is 0 Å². The van der Waals surface area contributed by atoms with Crippen LogP contribution in [0.4, 0.5) is 0 Å². The molecule has 0 amide bonds. The minimum absolute atomic E-state index is 0.252. The molecular formula is C12H18N2OS. The second kappa shape index (κ2) is 5.06. The standard InChI is InChI=1S/C12H18N2OS/c1-8-12(16-9(2)14-8)11(15)7-10-5-3-4-6-13-10/h10,13H,3-7H2,1-2H3. The van der Waals surface area contributed by atoms with Crippen LogP contribution in [0.25, 0.3) is 0 Å². The van der Waals surface area contributed by atoms with Crippen LogP contribution in [0.3, 0.4) is 0 Å². The van der Waals surface area contributed by atoms with Gasteiger partial charge in [0, 0.05) is 12.5 Å². The lowest BCUT2D eigenvalue weighted by Crippen LogP contribution is -2.35. The van der Waals surface area contributed by atoms with Gasteiger partial charge in [0.15, 0.2) is 5.78 Å². The molecule has 0 radical (unpaired) electrons. The normalized spacial score (nSPS) is 21.0. The first-order valence-electron chi connectivity index (χ1n) is 5.87. The summed E-state index contributed by atoms with van der Waals surface area (Å²) in [5.41, 5.74) is 0.892. The average molecular weight is 238 g/mol. The summed E-state index contributed by atoms with van der Waals surface area (Å²) in [6, 6.07) is 0.378. The topological polar surface area (TPSA) is 42.0 Å². The predicted octanol–water partition coefficient (Wildman–Crippen LogP) is 2.47. The van der Waals surface area contributed by atoms with E-state index in [9.17, 15) is 4.79 Å². The Balaban J connectivity index is 1.99. The van der Waals surface area contributed by atoms with Crippen LogP contribution in [-0.4, -0.2) is 23.4 Å². The van der Waals surface area contributed by atoms with Crippen molar-refractivity contribution in [1.82, 2.24) is 10.3 Å². The summed E-state index contributed by atoms with van der Waals surface area (Å²) >= 11 is 1.52. The second-order valence-corrected chi connectivity index (χ2v) is 5.62. The number of Topliss-reactive ketones (excluding diaryl/α,β-unsaturated/α-hetero) is 1. The third-order valence-corrected chi connectivity index (χ3v) is 4.11. The van der Waals surface area contributed by atoms with Crippen molar-refractivity contribution in [2.45, 2.75) is 45.6 Å². The number of carbonyl (C=O) groups is 1. The summed E-state index contributed by atoms with van der Waals surface area (Å²) in [4.78, 5) is 17.2. The largest absolute Gasteiger partial charge is 0.314 e. The molecule has 1 aromatic rings. The van der Waals surface area contributed by atoms with E-state index >= 15 is 0 Å². The van der Waals surface area contributed by atoms with Crippen molar-refractivity contribution < 1.29 is 4.79 Å². The highest BCUT2D eigenvalue weighted by Gasteiger charge is 2.20. The summed E-state index contributed by atoms with van der Waals surface area (Å²) in [7, 11) is 0. The highest BCUT2D eigenvalue weighted by atomic mass is 32.1. The number of nitrogens with zero attached hydrogens (tertiary/aromatic N) is 1. The van der Waals surface area contributed by atoms with Crippen LogP contribution < -0.4 is 5.32 Å². The van der Waals surface area contributed by atoms with Gasteiger partial charge >= 0.3 is 0 Å². The molecule has 1 aliphatic rings. The molecule has 0 aliphatic carbocycles. The molecule has 2 heterocycles. The first-order chi connectivity index (χ1) is 7.66. The lowest BCUT2D eigenvalue weighted by molar-refractivity contribution is 0.0967. The fourth-order valence-electron chi connectivity index (χ4n) is 2.20. The molecule has 4 heteroatoms. The molecule has 1 N–H and O–H groups in total. The SMILES string of the molecule is Cc1nc(C)c(C(=O)CC2CCCCN2)s1. The van der Waals surface area contributed by atoms with Crippen LogP contribution in [0.5, 0.6) is 0 Å². The summed E-state index contributed by atoms with van der Waals surface area (Å²) in [6.07, 6.45) is 4.24. The van der Waals surface area contributed by atoms with Crippen LogP contribution in [0, 0.1) is 13.8 Å². The minimum Gasteiger partial charge on any atom is -0.314 e. The number of piperidine rings is 1. The zero-order chi connectivity index (χ0) is 11.5. The van der Waals surface area contributed by atoms with Gasteiger partial charge in [0.1, 0.15) is 0 Å². The Morgan fingerprint density at radius 3 is 2.88 bits per heavy atom. The first-order valence-corrected chi connectivity index (χ1v) is 6.69. The Morgan fingerprint density at radius 1 is 1.50 bits per heavy atom. The van der Waals surface area contributed by atoms with Gasteiger partial charge in [-0.05, 0) is 33.2 Å². The Kier molecular flexibility index (Phi) is 3.71. The van der Waals surface area contributed by atoms with Crippen LogP contribution >= 0.6 is 11.3 Å². The Hall–Kier alpha value is -0.740. The fourth-order valence-corrected chi connectivity index (χ4v) is 3.07. The van der Waals surface area contributed by atoms with Crippen molar-refractivity contribution in [3.63, 3.8) is 0 Å². The molecule has 1 saturated heterocycles. The predicted molar refractivity (Wildman–Crippen MR) is 66.2 cm³/mol. The molecule has 1 fully saturated rings. The van der Waals surface area contributed by atoms with Crippen molar-refractivity contribution in [2.24, 2.45) is 0 Å². The van der Waals surface area contributed by atoms with Gasteiger partial charge in [0.2, 0.25) is 0 Å². The van der Waals surface area contributed by atoms with E-state index in [4.69, 9.17) is 0 Å². The van der Waals surface area contributed by atoms with Gasteiger partial charge in [-0.25, -0.2) is 4.98 Å². The van der Waals surface area contributed by atoms with Crippen molar-refractivity contribution in [3.8, 4) is 0 Å². The Labute approximate surface area is 100 Å². The molecule has 0 spiro atoms. The molecule has 0 saturated carbocycles. The first kappa shape index (κ1) is 11.7. The minimum atomic E-state index is 0.252. The van der Waals surface area contributed by atoms with E-state index in [2.05, 4.69) is 10.3 Å². The summed E-state index contributed by atoms with van der Waals surface area (Å²) < 4.78 is 0. The van der Waals surface area contributed by atoms with Crippen LogP contribution in [0.15, 0.2) is 0 Å². The highest BCUT2D eigenvalue weighted by molar-refractivity contribution is 7.13. The number of hydrogen-bond acceptors (Lipinski definition) is 4. The van der Waals surface area contributed by atoms with Gasteiger partial charge in [-0.2, -0.15) is 0 Å². The quantitative estimate of drug-likeness (QED) is 0.823. The van der Waals surface area contributed by atoms with Crippen molar-refractivity contribution in [2.75, 3.05) is 6.54 Å². The van der Waals surface area contributed by atoms with Crippen molar-refractivity contribution >= 4 is 17.1 Å². The van der Waals surface area contributed by atoms with Crippen LogP contribution in [0.1, 0.15) is 46.1 Å². The number of rotatable bonds is 3. The molecule has 2 rings (SSSR count). The van der Waals surface area contributed by atoms with Crippen LogP contribution in [-0.2, 0) is 0 Å². The third-order valence-electron chi connectivity index (χ3n) is 3.00. The van der Waals surface area contributed by atoms with E-state index in [-0.39, 0.29) is 5.78 Å². The smallest absolute Gasteiger partial charge is 0.176 e. The van der Waals surface area contributed by atoms with Crippen LogP contribution in [0.2, 0.25) is 0 Å². The zero-order valence-electron chi connectivity index (χ0n) is 9.88. The molecule has 16 heavy (non-hydrogen) atoms.